The summed E-state index contributed by atoms with van der Waals surface area (Å²) in [5.41, 5.74) is 2.30. The van der Waals surface area contributed by atoms with Crippen molar-refractivity contribution in [2.24, 2.45) is 0 Å². The van der Waals surface area contributed by atoms with Gasteiger partial charge >= 0.3 is 6.03 Å². The Balaban J connectivity index is 1.86. The van der Waals surface area contributed by atoms with Crippen molar-refractivity contribution in [1.82, 2.24) is 15.6 Å². The number of nitrogens with one attached hydrogen (secondary N) is 3. The van der Waals surface area contributed by atoms with Gasteiger partial charge in [0, 0.05) is 17.8 Å². The minimum Gasteiger partial charge on any atom is -0.387 e. The highest BCUT2D eigenvalue weighted by Gasteiger charge is 2.11. The highest BCUT2D eigenvalue weighted by atomic mass is 19.1. The van der Waals surface area contributed by atoms with Crippen LogP contribution in [0.3, 0.4) is 0 Å². The standard InChI is InChI=1S/C17H20FN3O3/c1-10-7-11(2)21-16(23)14(10)8-19-17(24)20-9-15(22)12-3-5-13(18)6-4-12/h3-7,15,22H,8-9H2,1-2H3,(H,21,23)(H2,19,20,24)/t15-/m0/s1. The monoisotopic (exact) mass is 333 g/mol. The highest BCUT2D eigenvalue weighted by Crippen LogP contribution is 2.12. The number of hydrogen-bond donors (Lipinski definition) is 4. The predicted octanol–water partition coefficient (Wildman–Crippen LogP) is 1.66. The number of hydrogen-bond acceptors (Lipinski definition) is 3. The van der Waals surface area contributed by atoms with Crippen LogP contribution in [-0.4, -0.2) is 22.7 Å². The van der Waals surface area contributed by atoms with Crippen molar-refractivity contribution in [3.05, 3.63) is 68.9 Å². The van der Waals surface area contributed by atoms with E-state index >= 15 is 0 Å². The third kappa shape index (κ3) is 4.66. The number of aliphatic hydroxyl groups is 1. The van der Waals surface area contributed by atoms with Gasteiger partial charge in [-0.3, -0.25) is 4.79 Å². The van der Waals surface area contributed by atoms with Crippen molar-refractivity contribution >= 4 is 6.03 Å². The van der Waals surface area contributed by atoms with Crippen LogP contribution >= 0.6 is 0 Å². The van der Waals surface area contributed by atoms with Gasteiger partial charge < -0.3 is 20.7 Å². The molecule has 1 heterocycles. The van der Waals surface area contributed by atoms with Crippen LogP contribution < -0.4 is 16.2 Å². The molecule has 2 amide bonds. The third-order valence-electron chi connectivity index (χ3n) is 3.63. The molecule has 0 unspecified atom stereocenters. The number of aryl methyl sites for hydroxylation is 2. The summed E-state index contributed by atoms with van der Waals surface area (Å²) in [5, 5.41) is 15.0. The summed E-state index contributed by atoms with van der Waals surface area (Å²) in [5.74, 6) is -0.393. The van der Waals surface area contributed by atoms with E-state index in [-0.39, 0.29) is 18.6 Å². The van der Waals surface area contributed by atoms with Crippen molar-refractivity contribution in [3.63, 3.8) is 0 Å². The summed E-state index contributed by atoms with van der Waals surface area (Å²) >= 11 is 0. The second-order valence-corrected chi connectivity index (χ2v) is 5.57. The Morgan fingerprint density at radius 3 is 2.54 bits per heavy atom. The summed E-state index contributed by atoms with van der Waals surface area (Å²) in [7, 11) is 0. The Kier molecular flexibility index (Phi) is 5.70. The Bertz CT molecular complexity index is 772. The molecule has 0 fully saturated rings. The summed E-state index contributed by atoms with van der Waals surface area (Å²) < 4.78 is 12.8. The van der Waals surface area contributed by atoms with E-state index in [4.69, 9.17) is 0 Å². The van der Waals surface area contributed by atoms with Gasteiger partial charge in [0.25, 0.3) is 5.56 Å². The van der Waals surface area contributed by atoms with E-state index in [1.165, 1.54) is 24.3 Å². The quantitative estimate of drug-likeness (QED) is 0.670. The van der Waals surface area contributed by atoms with Gasteiger partial charge in [-0.1, -0.05) is 12.1 Å². The Labute approximate surface area is 138 Å². The summed E-state index contributed by atoms with van der Waals surface area (Å²) in [4.78, 5) is 26.3. The van der Waals surface area contributed by atoms with Gasteiger partial charge in [-0.2, -0.15) is 0 Å². The molecule has 0 radical (unpaired) electrons. The van der Waals surface area contributed by atoms with Crippen LogP contribution in [0, 0.1) is 19.7 Å². The molecule has 2 aromatic rings. The normalized spacial score (nSPS) is 11.8. The average molecular weight is 333 g/mol. The Hall–Kier alpha value is -2.67. The van der Waals surface area contributed by atoms with Crippen molar-refractivity contribution in [1.29, 1.82) is 0 Å². The first kappa shape index (κ1) is 17.7. The van der Waals surface area contributed by atoms with E-state index in [2.05, 4.69) is 15.6 Å². The van der Waals surface area contributed by atoms with E-state index in [1.807, 2.05) is 6.07 Å². The molecule has 128 valence electrons. The molecule has 1 aromatic carbocycles. The number of pyridine rings is 1. The van der Waals surface area contributed by atoms with Crippen LogP contribution in [0.5, 0.6) is 0 Å². The Morgan fingerprint density at radius 1 is 1.25 bits per heavy atom. The van der Waals surface area contributed by atoms with Crippen molar-refractivity contribution < 1.29 is 14.3 Å². The molecule has 0 aliphatic carbocycles. The zero-order valence-electron chi connectivity index (χ0n) is 13.5. The van der Waals surface area contributed by atoms with Crippen LogP contribution in [0.15, 0.2) is 35.1 Å². The van der Waals surface area contributed by atoms with Gasteiger partial charge in [-0.15, -0.1) is 0 Å². The summed E-state index contributed by atoms with van der Waals surface area (Å²) in [6, 6.07) is 6.71. The minimum atomic E-state index is -0.944. The van der Waals surface area contributed by atoms with E-state index in [1.54, 1.807) is 13.8 Å². The molecule has 1 aromatic heterocycles. The molecule has 0 saturated carbocycles. The first-order valence-corrected chi connectivity index (χ1v) is 7.51. The maximum Gasteiger partial charge on any atom is 0.315 e. The second-order valence-electron chi connectivity index (χ2n) is 5.57. The van der Waals surface area contributed by atoms with E-state index in [0.717, 1.165) is 11.3 Å². The SMILES string of the molecule is Cc1cc(C)c(CNC(=O)NC[C@H](O)c2ccc(F)cc2)c(=O)[nH]1. The molecule has 4 N–H and O–H groups in total. The van der Waals surface area contributed by atoms with Gasteiger partial charge in [0.1, 0.15) is 5.82 Å². The van der Waals surface area contributed by atoms with Crippen LogP contribution in [0.2, 0.25) is 0 Å². The van der Waals surface area contributed by atoms with E-state index < -0.39 is 18.0 Å². The zero-order valence-corrected chi connectivity index (χ0v) is 13.5. The number of rotatable bonds is 5. The fourth-order valence-corrected chi connectivity index (χ4v) is 2.32. The highest BCUT2D eigenvalue weighted by molar-refractivity contribution is 5.73. The largest absolute Gasteiger partial charge is 0.387 e. The van der Waals surface area contributed by atoms with Crippen molar-refractivity contribution in [2.45, 2.75) is 26.5 Å². The van der Waals surface area contributed by atoms with E-state index in [0.29, 0.717) is 11.1 Å². The lowest BCUT2D eigenvalue weighted by molar-refractivity contribution is 0.173. The maximum absolute atomic E-state index is 12.8. The molecule has 0 aliphatic rings. The molecular formula is C17H20FN3O3. The number of aromatic nitrogens is 1. The lowest BCUT2D eigenvalue weighted by atomic mass is 10.1. The topological polar surface area (TPSA) is 94.2 Å². The molecule has 0 saturated heterocycles. The number of aliphatic hydroxyl groups excluding tert-OH is 1. The molecule has 24 heavy (non-hydrogen) atoms. The average Bonchev–Trinajstić information content (AvgIpc) is 2.52. The third-order valence-corrected chi connectivity index (χ3v) is 3.63. The number of halogens is 1. The number of amides is 2. The predicted molar refractivity (Wildman–Crippen MR) is 88.1 cm³/mol. The first-order valence-electron chi connectivity index (χ1n) is 7.51. The summed E-state index contributed by atoms with van der Waals surface area (Å²) in [6.45, 7) is 3.64. The number of benzene rings is 1. The van der Waals surface area contributed by atoms with Crippen LogP contribution in [0.4, 0.5) is 9.18 Å². The van der Waals surface area contributed by atoms with E-state index in [9.17, 15) is 19.1 Å². The van der Waals surface area contributed by atoms with Gasteiger partial charge in [-0.25, -0.2) is 9.18 Å². The molecular weight excluding hydrogens is 313 g/mol. The molecule has 6 nitrogen and oxygen atoms in total. The first-order chi connectivity index (χ1) is 11.4. The Morgan fingerprint density at radius 2 is 1.92 bits per heavy atom. The van der Waals surface area contributed by atoms with Crippen molar-refractivity contribution in [3.8, 4) is 0 Å². The minimum absolute atomic E-state index is 0.0271. The second kappa shape index (κ2) is 7.74. The summed E-state index contributed by atoms with van der Waals surface area (Å²) in [6.07, 6.45) is -0.944. The lowest BCUT2D eigenvalue weighted by Gasteiger charge is -2.13. The van der Waals surface area contributed by atoms with Gasteiger partial charge in [-0.05, 0) is 43.2 Å². The van der Waals surface area contributed by atoms with Gasteiger partial charge in [0.15, 0.2) is 0 Å². The van der Waals surface area contributed by atoms with Crippen LogP contribution in [-0.2, 0) is 6.54 Å². The van der Waals surface area contributed by atoms with Crippen LogP contribution in [0.25, 0.3) is 0 Å². The molecule has 0 spiro atoms. The lowest BCUT2D eigenvalue weighted by Crippen LogP contribution is -2.38. The number of urea groups is 1. The number of carbonyl (C=O) groups excluding carboxylic acids is 1. The molecule has 1 atom stereocenters. The van der Waals surface area contributed by atoms with Gasteiger partial charge in [0.05, 0.1) is 12.6 Å². The van der Waals surface area contributed by atoms with Crippen molar-refractivity contribution in [2.75, 3.05) is 6.54 Å². The fraction of sp³-hybridized carbons (Fsp3) is 0.294. The fourth-order valence-electron chi connectivity index (χ4n) is 2.32. The molecule has 7 heteroatoms. The zero-order chi connectivity index (χ0) is 17.7. The van der Waals surface area contributed by atoms with Crippen LogP contribution in [0.1, 0.15) is 28.5 Å². The smallest absolute Gasteiger partial charge is 0.315 e. The maximum atomic E-state index is 12.8. The molecule has 2 rings (SSSR count). The molecule has 0 aliphatic heterocycles. The number of carbonyl (C=O) groups is 1. The number of aromatic amines is 1. The number of H-pyrrole nitrogens is 1. The molecule has 0 bridgehead atoms. The van der Waals surface area contributed by atoms with Gasteiger partial charge in [0.2, 0.25) is 0 Å².